The first-order chi connectivity index (χ1) is 7.68. The first-order valence-corrected chi connectivity index (χ1v) is 6.97. The smallest absolute Gasteiger partial charge is 0.0534 e. The topological polar surface area (TPSA) is 21.3 Å². The molecule has 0 aromatic rings. The van der Waals surface area contributed by atoms with Crippen LogP contribution < -0.4 is 5.32 Å². The van der Waals surface area contributed by atoms with Crippen molar-refractivity contribution in [2.45, 2.75) is 52.9 Å². The molecule has 0 atom stereocenters. The Hall–Kier alpha value is -0.0800. The lowest BCUT2D eigenvalue weighted by atomic mass is 9.74. The lowest BCUT2D eigenvalue weighted by Crippen LogP contribution is -2.41. The Morgan fingerprint density at radius 3 is 2.44 bits per heavy atom. The van der Waals surface area contributed by atoms with E-state index in [1.54, 1.807) is 0 Å². The number of ether oxygens (including phenoxy) is 1. The molecule has 1 aliphatic rings. The van der Waals surface area contributed by atoms with Crippen LogP contribution in [-0.2, 0) is 4.74 Å². The molecular weight excluding hydrogens is 198 g/mol. The van der Waals surface area contributed by atoms with E-state index in [9.17, 15) is 0 Å². The summed E-state index contributed by atoms with van der Waals surface area (Å²) in [5.74, 6) is 0.743. The number of rotatable bonds is 7. The van der Waals surface area contributed by atoms with E-state index in [4.69, 9.17) is 4.74 Å². The van der Waals surface area contributed by atoms with Gasteiger partial charge in [0.05, 0.1) is 6.61 Å². The van der Waals surface area contributed by atoms with Crippen LogP contribution in [0.5, 0.6) is 0 Å². The predicted octanol–water partition coefficient (Wildman–Crippen LogP) is 3.22. The first-order valence-electron chi connectivity index (χ1n) is 6.97. The second kappa shape index (κ2) is 7.29. The minimum atomic E-state index is 0.434. The van der Waals surface area contributed by atoms with Gasteiger partial charge < -0.3 is 10.1 Å². The lowest BCUT2D eigenvalue weighted by molar-refractivity contribution is 0.0255. The van der Waals surface area contributed by atoms with Crippen LogP contribution in [-0.4, -0.2) is 26.3 Å². The molecule has 0 aromatic carbocycles. The molecule has 2 nitrogen and oxygen atoms in total. The highest BCUT2D eigenvalue weighted by molar-refractivity contribution is 4.85. The van der Waals surface area contributed by atoms with Crippen LogP contribution in [0.4, 0.5) is 0 Å². The molecule has 1 rings (SSSR count). The second-order valence-electron chi connectivity index (χ2n) is 5.72. The molecule has 1 saturated carbocycles. The van der Waals surface area contributed by atoms with E-state index in [0.717, 1.165) is 32.2 Å². The Kier molecular flexibility index (Phi) is 6.37. The predicted molar refractivity (Wildman–Crippen MR) is 69.7 cm³/mol. The minimum Gasteiger partial charge on any atom is -0.381 e. The first kappa shape index (κ1) is 14.0. The Balaban J connectivity index is 2.36. The Labute approximate surface area is 101 Å². The molecule has 0 aromatic heterocycles. The molecule has 1 fully saturated rings. The third-order valence-electron chi connectivity index (χ3n) is 3.58. The van der Waals surface area contributed by atoms with Crippen LogP contribution >= 0.6 is 0 Å². The van der Waals surface area contributed by atoms with E-state index in [1.165, 1.54) is 32.1 Å². The summed E-state index contributed by atoms with van der Waals surface area (Å²) in [6.45, 7) is 10.7. The fourth-order valence-electron chi connectivity index (χ4n) is 2.62. The zero-order valence-electron chi connectivity index (χ0n) is 11.3. The standard InChI is InChI=1S/C14H29NO/c1-4-16-12-14(8-6-5-7-9-14)11-15-10-13(2)3/h13,15H,4-12H2,1-3H3. The van der Waals surface area contributed by atoms with E-state index >= 15 is 0 Å². The van der Waals surface area contributed by atoms with Gasteiger partial charge in [-0.05, 0) is 32.2 Å². The van der Waals surface area contributed by atoms with Crippen molar-refractivity contribution in [1.82, 2.24) is 5.32 Å². The fourth-order valence-corrected chi connectivity index (χ4v) is 2.62. The van der Waals surface area contributed by atoms with Crippen molar-refractivity contribution in [2.75, 3.05) is 26.3 Å². The van der Waals surface area contributed by atoms with Crippen molar-refractivity contribution in [3.63, 3.8) is 0 Å². The van der Waals surface area contributed by atoms with Gasteiger partial charge in [-0.15, -0.1) is 0 Å². The summed E-state index contributed by atoms with van der Waals surface area (Å²) < 4.78 is 5.69. The monoisotopic (exact) mass is 227 g/mol. The molecule has 0 aliphatic heterocycles. The molecular formula is C14H29NO. The van der Waals surface area contributed by atoms with Crippen LogP contribution in [0.25, 0.3) is 0 Å². The maximum absolute atomic E-state index is 5.69. The van der Waals surface area contributed by atoms with E-state index < -0.39 is 0 Å². The summed E-state index contributed by atoms with van der Waals surface area (Å²) in [6, 6.07) is 0. The Bertz CT molecular complexity index is 174. The summed E-state index contributed by atoms with van der Waals surface area (Å²) in [7, 11) is 0. The van der Waals surface area contributed by atoms with Gasteiger partial charge in [-0.1, -0.05) is 33.1 Å². The molecule has 1 aliphatic carbocycles. The molecule has 0 amide bonds. The van der Waals surface area contributed by atoms with E-state index in [1.807, 2.05) is 0 Å². The number of nitrogens with one attached hydrogen (secondary N) is 1. The van der Waals surface area contributed by atoms with Crippen molar-refractivity contribution in [1.29, 1.82) is 0 Å². The summed E-state index contributed by atoms with van der Waals surface area (Å²) in [5, 5.41) is 3.62. The van der Waals surface area contributed by atoms with Crippen molar-refractivity contribution < 1.29 is 4.74 Å². The van der Waals surface area contributed by atoms with Gasteiger partial charge in [-0.2, -0.15) is 0 Å². The van der Waals surface area contributed by atoms with Gasteiger partial charge in [-0.25, -0.2) is 0 Å². The lowest BCUT2D eigenvalue weighted by Gasteiger charge is -2.37. The van der Waals surface area contributed by atoms with Crippen molar-refractivity contribution in [2.24, 2.45) is 11.3 Å². The second-order valence-corrected chi connectivity index (χ2v) is 5.72. The Morgan fingerprint density at radius 1 is 1.19 bits per heavy atom. The largest absolute Gasteiger partial charge is 0.381 e. The number of hydrogen-bond acceptors (Lipinski definition) is 2. The molecule has 0 bridgehead atoms. The number of hydrogen-bond donors (Lipinski definition) is 1. The highest BCUT2D eigenvalue weighted by atomic mass is 16.5. The molecule has 0 radical (unpaired) electrons. The quantitative estimate of drug-likeness (QED) is 0.721. The van der Waals surface area contributed by atoms with Crippen LogP contribution in [0.3, 0.4) is 0 Å². The molecule has 0 unspecified atom stereocenters. The molecule has 0 saturated heterocycles. The molecule has 1 N–H and O–H groups in total. The normalized spacial score (nSPS) is 20.2. The van der Waals surface area contributed by atoms with E-state index in [-0.39, 0.29) is 0 Å². The molecule has 2 heteroatoms. The third kappa shape index (κ3) is 4.84. The summed E-state index contributed by atoms with van der Waals surface area (Å²) in [5.41, 5.74) is 0.434. The summed E-state index contributed by atoms with van der Waals surface area (Å²) in [4.78, 5) is 0. The van der Waals surface area contributed by atoms with Crippen LogP contribution in [0.2, 0.25) is 0 Å². The van der Waals surface area contributed by atoms with Crippen molar-refractivity contribution in [3.8, 4) is 0 Å². The highest BCUT2D eigenvalue weighted by Crippen LogP contribution is 2.36. The molecule has 0 heterocycles. The van der Waals surface area contributed by atoms with Gasteiger partial charge >= 0.3 is 0 Å². The summed E-state index contributed by atoms with van der Waals surface area (Å²) >= 11 is 0. The van der Waals surface area contributed by atoms with Gasteiger partial charge in [0, 0.05) is 18.6 Å². The van der Waals surface area contributed by atoms with Gasteiger partial charge in [0.2, 0.25) is 0 Å². The minimum absolute atomic E-state index is 0.434. The van der Waals surface area contributed by atoms with Gasteiger partial charge in [0.25, 0.3) is 0 Å². The fraction of sp³-hybridized carbons (Fsp3) is 1.00. The van der Waals surface area contributed by atoms with Gasteiger partial charge in [0.1, 0.15) is 0 Å². The zero-order chi connectivity index (χ0) is 11.9. The average Bonchev–Trinajstić information content (AvgIpc) is 2.27. The van der Waals surface area contributed by atoms with Crippen molar-refractivity contribution >= 4 is 0 Å². The third-order valence-corrected chi connectivity index (χ3v) is 3.58. The van der Waals surface area contributed by atoms with Crippen molar-refractivity contribution in [3.05, 3.63) is 0 Å². The summed E-state index contributed by atoms with van der Waals surface area (Å²) in [6.07, 6.45) is 6.88. The van der Waals surface area contributed by atoms with Crippen LogP contribution in [0.1, 0.15) is 52.9 Å². The zero-order valence-corrected chi connectivity index (χ0v) is 11.3. The molecule has 16 heavy (non-hydrogen) atoms. The van der Waals surface area contributed by atoms with Gasteiger partial charge in [0.15, 0.2) is 0 Å². The average molecular weight is 227 g/mol. The van der Waals surface area contributed by atoms with Gasteiger partial charge in [-0.3, -0.25) is 0 Å². The van der Waals surface area contributed by atoms with E-state index in [0.29, 0.717) is 5.41 Å². The molecule has 0 spiro atoms. The molecule has 96 valence electrons. The van der Waals surface area contributed by atoms with E-state index in [2.05, 4.69) is 26.1 Å². The Morgan fingerprint density at radius 2 is 1.88 bits per heavy atom. The maximum Gasteiger partial charge on any atom is 0.0534 e. The van der Waals surface area contributed by atoms with Crippen LogP contribution in [0.15, 0.2) is 0 Å². The van der Waals surface area contributed by atoms with Crippen LogP contribution in [0, 0.1) is 11.3 Å². The maximum atomic E-state index is 5.69. The SMILES string of the molecule is CCOCC1(CNCC(C)C)CCCCC1. The highest BCUT2D eigenvalue weighted by Gasteiger charge is 2.31.